The molecule has 0 bridgehead atoms. The first-order chi connectivity index (χ1) is 8.09. The Morgan fingerprint density at radius 3 is 2.82 bits per heavy atom. The van der Waals surface area contributed by atoms with E-state index in [1.165, 1.54) is 6.07 Å². The van der Waals surface area contributed by atoms with Crippen LogP contribution in [0.4, 0.5) is 4.39 Å². The second kappa shape index (κ2) is 6.39. The molecule has 0 saturated carbocycles. The Labute approximate surface area is 102 Å². The Morgan fingerprint density at radius 2 is 2.24 bits per heavy atom. The van der Waals surface area contributed by atoms with E-state index in [0.29, 0.717) is 19.5 Å². The van der Waals surface area contributed by atoms with Crippen LogP contribution in [-0.4, -0.2) is 18.6 Å². The van der Waals surface area contributed by atoms with Crippen molar-refractivity contribution in [1.82, 2.24) is 5.32 Å². The predicted octanol–water partition coefficient (Wildman–Crippen LogP) is 1.70. The molecule has 1 atom stereocenters. The van der Waals surface area contributed by atoms with Gasteiger partial charge >= 0.3 is 0 Å². The van der Waals surface area contributed by atoms with Gasteiger partial charge < -0.3 is 5.73 Å². The maximum Gasteiger partial charge on any atom is 0.123 e. The molecular weight excluding hydrogens is 215 g/mol. The second-order valence-corrected chi connectivity index (χ2v) is 4.35. The third-order valence-electron chi connectivity index (χ3n) is 2.71. The molecule has 0 spiro atoms. The molecule has 3 heteroatoms. The summed E-state index contributed by atoms with van der Waals surface area (Å²) in [6, 6.07) is 6.61. The van der Waals surface area contributed by atoms with E-state index in [-0.39, 0.29) is 11.4 Å². The van der Waals surface area contributed by atoms with Crippen molar-refractivity contribution in [2.75, 3.05) is 13.1 Å². The molecule has 17 heavy (non-hydrogen) atoms. The van der Waals surface area contributed by atoms with Crippen LogP contribution in [0.2, 0.25) is 0 Å². The van der Waals surface area contributed by atoms with Gasteiger partial charge in [0.2, 0.25) is 0 Å². The molecule has 0 aliphatic carbocycles. The number of hydrogen-bond acceptors (Lipinski definition) is 2. The summed E-state index contributed by atoms with van der Waals surface area (Å²) >= 11 is 0. The van der Waals surface area contributed by atoms with Crippen LogP contribution in [-0.2, 0) is 6.42 Å². The maximum absolute atomic E-state index is 13.1. The summed E-state index contributed by atoms with van der Waals surface area (Å²) in [5.41, 5.74) is 6.46. The zero-order valence-corrected chi connectivity index (χ0v) is 10.4. The van der Waals surface area contributed by atoms with Crippen LogP contribution >= 0.6 is 0 Å². The monoisotopic (exact) mass is 234 g/mol. The molecule has 3 N–H and O–H groups in total. The zero-order valence-electron chi connectivity index (χ0n) is 10.4. The van der Waals surface area contributed by atoms with Gasteiger partial charge in [-0.2, -0.15) is 0 Å². The largest absolute Gasteiger partial charge is 0.329 e. The van der Waals surface area contributed by atoms with Gasteiger partial charge in [0.25, 0.3) is 0 Å². The highest BCUT2D eigenvalue weighted by Gasteiger charge is 2.21. The van der Waals surface area contributed by atoms with Gasteiger partial charge in [-0.15, -0.1) is 5.92 Å². The number of benzene rings is 1. The Bertz CT molecular complexity index is 420. The molecule has 0 aromatic heterocycles. The second-order valence-electron chi connectivity index (χ2n) is 4.35. The third-order valence-corrected chi connectivity index (χ3v) is 2.71. The van der Waals surface area contributed by atoms with E-state index in [9.17, 15) is 4.39 Å². The Hall–Kier alpha value is -1.37. The first kappa shape index (κ1) is 13.7. The van der Waals surface area contributed by atoms with Gasteiger partial charge in [0.15, 0.2) is 0 Å². The van der Waals surface area contributed by atoms with E-state index in [2.05, 4.69) is 17.2 Å². The molecule has 0 fully saturated rings. The normalized spacial score (nSPS) is 13.6. The zero-order chi connectivity index (χ0) is 12.7. The number of halogens is 1. The average Bonchev–Trinajstić information content (AvgIpc) is 2.29. The van der Waals surface area contributed by atoms with Gasteiger partial charge in [0.05, 0.1) is 6.54 Å². The molecule has 2 nitrogen and oxygen atoms in total. The van der Waals surface area contributed by atoms with Crippen LogP contribution in [0.25, 0.3) is 0 Å². The van der Waals surface area contributed by atoms with E-state index >= 15 is 0 Å². The van der Waals surface area contributed by atoms with Gasteiger partial charge in [0.1, 0.15) is 5.82 Å². The highest BCUT2D eigenvalue weighted by Crippen LogP contribution is 2.13. The Kier molecular flexibility index (Phi) is 5.14. The smallest absolute Gasteiger partial charge is 0.123 e. The summed E-state index contributed by atoms with van der Waals surface area (Å²) in [5, 5.41) is 3.29. The molecule has 0 saturated heterocycles. The van der Waals surface area contributed by atoms with E-state index in [1.807, 2.05) is 13.0 Å². The van der Waals surface area contributed by atoms with Crippen LogP contribution in [0.1, 0.15) is 19.4 Å². The topological polar surface area (TPSA) is 38.0 Å². The fourth-order valence-electron chi connectivity index (χ4n) is 1.65. The van der Waals surface area contributed by atoms with Gasteiger partial charge in [-0.25, -0.2) is 4.39 Å². The van der Waals surface area contributed by atoms with E-state index < -0.39 is 0 Å². The van der Waals surface area contributed by atoms with Crippen molar-refractivity contribution in [3.63, 3.8) is 0 Å². The molecule has 1 rings (SSSR count). The lowest BCUT2D eigenvalue weighted by Crippen LogP contribution is -2.50. The Balaban J connectivity index is 2.69. The summed E-state index contributed by atoms with van der Waals surface area (Å²) in [6.07, 6.45) is 0.687. The first-order valence-electron chi connectivity index (χ1n) is 5.69. The minimum atomic E-state index is -0.252. The summed E-state index contributed by atoms with van der Waals surface area (Å²) in [5.74, 6) is 5.56. The van der Waals surface area contributed by atoms with Gasteiger partial charge in [-0.1, -0.05) is 18.1 Å². The van der Waals surface area contributed by atoms with Crippen molar-refractivity contribution >= 4 is 0 Å². The molecule has 1 unspecified atom stereocenters. The Morgan fingerprint density at radius 1 is 1.47 bits per heavy atom. The van der Waals surface area contributed by atoms with Crippen LogP contribution < -0.4 is 11.1 Å². The molecule has 0 amide bonds. The number of rotatable bonds is 5. The minimum absolute atomic E-state index is 0.213. The molecule has 1 aromatic rings. The molecule has 0 aliphatic heterocycles. The first-order valence-corrected chi connectivity index (χ1v) is 5.69. The predicted molar refractivity (Wildman–Crippen MR) is 69.0 cm³/mol. The number of nitrogens with one attached hydrogen (secondary N) is 1. The molecule has 0 heterocycles. The van der Waals surface area contributed by atoms with Crippen molar-refractivity contribution < 1.29 is 4.39 Å². The lowest BCUT2D eigenvalue weighted by molar-refractivity contribution is 0.379. The van der Waals surface area contributed by atoms with Crippen molar-refractivity contribution in [2.24, 2.45) is 5.73 Å². The fraction of sp³-hybridized carbons (Fsp3) is 0.429. The maximum atomic E-state index is 13.1. The summed E-state index contributed by atoms with van der Waals surface area (Å²) in [6.45, 7) is 4.90. The van der Waals surface area contributed by atoms with Crippen LogP contribution in [0.3, 0.4) is 0 Å². The van der Waals surface area contributed by atoms with Crippen molar-refractivity contribution in [3.05, 3.63) is 35.6 Å². The average molecular weight is 234 g/mol. The third kappa shape index (κ3) is 4.56. The fourth-order valence-corrected chi connectivity index (χ4v) is 1.65. The van der Waals surface area contributed by atoms with Gasteiger partial charge in [-0.05, 0) is 38.0 Å². The number of nitrogens with two attached hydrogens (primary N) is 1. The quantitative estimate of drug-likeness (QED) is 0.761. The summed E-state index contributed by atoms with van der Waals surface area (Å²) < 4.78 is 13.1. The van der Waals surface area contributed by atoms with Gasteiger partial charge in [-0.3, -0.25) is 5.32 Å². The van der Waals surface area contributed by atoms with E-state index in [0.717, 1.165) is 5.56 Å². The highest BCUT2D eigenvalue weighted by molar-refractivity contribution is 5.19. The van der Waals surface area contributed by atoms with E-state index in [4.69, 9.17) is 5.73 Å². The molecule has 0 radical (unpaired) electrons. The molecular formula is C14H19FN2. The minimum Gasteiger partial charge on any atom is -0.329 e. The lowest BCUT2D eigenvalue weighted by atomic mass is 9.93. The van der Waals surface area contributed by atoms with Crippen LogP contribution in [0.5, 0.6) is 0 Å². The van der Waals surface area contributed by atoms with Crippen molar-refractivity contribution in [3.8, 4) is 11.8 Å². The van der Waals surface area contributed by atoms with Gasteiger partial charge in [0, 0.05) is 12.1 Å². The standard InChI is InChI=1S/C14H19FN2/c1-3-4-8-17-14(2,11-16)10-12-6-5-7-13(15)9-12/h5-7,9,17H,8,10-11,16H2,1-2H3. The number of hydrogen-bond donors (Lipinski definition) is 2. The lowest BCUT2D eigenvalue weighted by Gasteiger charge is -2.28. The molecule has 0 aliphatic rings. The SMILES string of the molecule is CC#CCNC(C)(CN)Cc1cccc(F)c1. The van der Waals surface area contributed by atoms with Crippen molar-refractivity contribution in [2.45, 2.75) is 25.8 Å². The molecule has 1 aromatic carbocycles. The summed E-state index contributed by atoms with van der Waals surface area (Å²) in [7, 11) is 0. The van der Waals surface area contributed by atoms with Crippen LogP contribution in [0, 0.1) is 17.7 Å². The highest BCUT2D eigenvalue weighted by atomic mass is 19.1. The van der Waals surface area contributed by atoms with Crippen LogP contribution in [0.15, 0.2) is 24.3 Å². The molecule has 92 valence electrons. The summed E-state index contributed by atoms with van der Waals surface area (Å²) in [4.78, 5) is 0. The van der Waals surface area contributed by atoms with Crippen molar-refractivity contribution in [1.29, 1.82) is 0 Å². The van der Waals surface area contributed by atoms with E-state index in [1.54, 1.807) is 19.1 Å².